The van der Waals surface area contributed by atoms with Gasteiger partial charge in [-0.15, -0.1) is 0 Å². The van der Waals surface area contributed by atoms with Crippen LogP contribution < -0.4 is 15.0 Å². The molecule has 0 atom stereocenters. The summed E-state index contributed by atoms with van der Waals surface area (Å²) in [5.41, 5.74) is 1.72. The molecule has 2 rings (SSSR count). The van der Waals surface area contributed by atoms with Gasteiger partial charge in [0.15, 0.2) is 0 Å². The number of nitrogens with zero attached hydrogens (tertiary/aromatic N) is 2. The minimum absolute atomic E-state index is 0.0104. The summed E-state index contributed by atoms with van der Waals surface area (Å²) < 4.78 is 5.31. The summed E-state index contributed by atoms with van der Waals surface area (Å²) in [6.45, 7) is 4.97. The van der Waals surface area contributed by atoms with E-state index >= 15 is 0 Å². The fourth-order valence-corrected chi connectivity index (χ4v) is 2.52. The SMILES string of the molecule is CCCC(=O)Nc1cc(N2CCN(C=O)CC2)ccc1OC. The predicted molar refractivity (Wildman–Crippen MR) is 86.4 cm³/mol. The quantitative estimate of drug-likeness (QED) is 0.813. The summed E-state index contributed by atoms with van der Waals surface area (Å²) in [5, 5.41) is 2.90. The second-order valence-electron chi connectivity index (χ2n) is 5.31. The zero-order valence-corrected chi connectivity index (χ0v) is 13.2. The molecular weight excluding hydrogens is 282 g/mol. The number of piperazine rings is 1. The van der Waals surface area contributed by atoms with Crippen molar-refractivity contribution in [1.82, 2.24) is 4.90 Å². The Labute approximate surface area is 131 Å². The zero-order chi connectivity index (χ0) is 15.9. The molecule has 0 spiro atoms. The highest BCUT2D eigenvalue weighted by Gasteiger charge is 2.17. The highest BCUT2D eigenvalue weighted by molar-refractivity contribution is 5.93. The molecule has 0 unspecified atom stereocenters. The maximum absolute atomic E-state index is 11.8. The monoisotopic (exact) mass is 305 g/mol. The molecule has 1 heterocycles. The third-order valence-electron chi connectivity index (χ3n) is 3.76. The summed E-state index contributed by atoms with van der Waals surface area (Å²) in [4.78, 5) is 26.6. The minimum Gasteiger partial charge on any atom is -0.495 e. The van der Waals surface area contributed by atoms with Crippen LogP contribution in [0, 0.1) is 0 Å². The molecule has 0 radical (unpaired) electrons. The molecule has 1 aliphatic heterocycles. The Morgan fingerprint density at radius 2 is 2.05 bits per heavy atom. The lowest BCUT2D eigenvalue weighted by Crippen LogP contribution is -2.45. The number of anilines is 2. The fourth-order valence-electron chi connectivity index (χ4n) is 2.52. The van der Waals surface area contributed by atoms with Crippen molar-refractivity contribution in [3.63, 3.8) is 0 Å². The molecular formula is C16H23N3O3. The van der Waals surface area contributed by atoms with Crippen molar-refractivity contribution in [1.29, 1.82) is 0 Å². The smallest absolute Gasteiger partial charge is 0.224 e. The highest BCUT2D eigenvalue weighted by atomic mass is 16.5. The van der Waals surface area contributed by atoms with Crippen molar-refractivity contribution < 1.29 is 14.3 Å². The molecule has 2 amide bonds. The molecule has 1 aliphatic rings. The molecule has 1 aromatic carbocycles. The van der Waals surface area contributed by atoms with Crippen molar-refractivity contribution in [3.05, 3.63) is 18.2 Å². The number of hydrogen-bond donors (Lipinski definition) is 1. The number of carbonyl (C=O) groups is 2. The maximum atomic E-state index is 11.8. The normalized spacial score (nSPS) is 14.6. The Morgan fingerprint density at radius 3 is 2.64 bits per heavy atom. The van der Waals surface area contributed by atoms with Gasteiger partial charge in [-0.1, -0.05) is 6.92 Å². The van der Waals surface area contributed by atoms with E-state index in [1.54, 1.807) is 12.0 Å². The van der Waals surface area contributed by atoms with E-state index in [1.165, 1.54) is 0 Å². The number of carbonyl (C=O) groups excluding carboxylic acids is 2. The molecule has 6 heteroatoms. The van der Waals surface area contributed by atoms with Crippen LogP contribution in [0.3, 0.4) is 0 Å². The number of ether oxygens (including phenoxy) is 1. The number of amides is 2. The van der Waals surface area contributed by atoms with Gasteiger partial charge in [-0.25, -0.2) is 0 Å². The van der Waals surface area contributed by atoms with Gasteiger partial charge in [-0.2, -0.15) is 0 Å². The van der Waals surface area contributed by atoms with Crippen LogP contribution in [0.5, 0.6) is 5.75 Å². The lowest BCUT2D eigenvalue weighted by Gasteiger charge is -2.34. The van der Waals surface area contributed by atoms with E-state index in [-0.39, 0.29) is 5.91 Å². The summed E-state index contributed by atoms with van der Waals surface area (Å²) >= 11 is 0. The van der Waals surface area contributed by atoms with E-state index in [2.05, 4.69) is 10.2 Å². The van der Waals surface area contributed by atoms with Gasteiger partial charge in [0, 0.05) is 38.3 Å². The molecule has 0 aliphatic carbocycles. The van der Waals surface area contributed by atoms with Crippen LogP contribution in [0.25, 0.3) is 0 Å². The van der Waals surface area contributed by atoms with Crippen molar-refractivity contribution >= 4 is 23.7 Å². The van der Waals surface area contributed by atoms with Gasteiger partial charge in [0.2, 0.25) is 12.3 Å². The standard InChI is InChI=1S/C16H23N3O3/c1-3-4-16(21)17-14-11-13(5-6-15(14)22-2)19-9-7-18(12-20)8-10-19/h5-6,11-12H,3-4,7-10H2,1-2H3,(H,17,21). The topological polar surface area (TPSA) is 61.9 Å². The van der Waals surface area contributed by atoms with E-state index in [4.69, 9.17) is 4.74 Å². The Balaban J connectivity index is 2.12. The van der Waals surface area contributed by atoms with Crippen LogP contribution in [-0.2, 0) is 9.59 Å². The number of methoxy groups -OCH3 is 1. The van der Waals surface area contributed by atoms with E-state index in [0.717, 1.165) is 31.6 Å². The molecule has 1 saturated heterocycles. The molecule has 1 fully saturated rings. The van der Waals surface area contributed by atoms with Crippen LogP contribution in [0.15, 0.2) is 18.2 Å². The molecule has 0 bridgehead atoms. The lowest BCUT2D eigenvalue weighted by atomic mass is 10.2. The Kier molecular flexibility index (Phi) is 5.63. The third-order valence-corrected chi connectivity index (χ3v) is 3.76. The average molecular weight is 305 g/mol. The maximum Gasteiger partial charge on any atom is 0.224 e. The van der Waals surface area contributed by atoms with Crippen molar-refractivity contribution in [2.45, 2.75) is 19.8 Å². The van der Waals surface area contributed by atoms with E-state index < -0.39 is 0 Å². The second-order valence-corrected chi connectivity index (χ2v) is 5.31. The molecule has 0 aromatic heterocycles. The van der Waals surface area contributed by atoms with E-state index in [9.17, 15) is 9.59 Å². The Hall–Kier alpha value is -2.24. The van der Waals surface area contributed by atoms with Crippen molar-refractivity contribution in [2.75, 3.05) is 43.5 Å². The minimum atomic E-state index is -0.0104. The summed E-state index contributed by atoms with van der Waals surface area (Å²) in [5.74, 6) is 0.642. The number of nitrogens with one attached hydrogen (secondary N) is 1. The second kappa shape index (κ2) is 7.68. The average Bonchev–Trinajstić information content (AvgIpc) is 2.55. The van der Waals surface area contributed by atoms with Crippen LogP contribution in [0.1, 0.15) is 19.8 Å². The zero-order valence-electron chi connectivity index (χ0n) is 13.2. The van der Waals surface area contributed by atoms with Gasteiger partial charge in [0.05, 0.1) is 12.8 Å². The molecule has 1 N–H and O–H groups in total. The molecule has 22 heavy (non-hydrogen) atoms. The molecule has 6 nitrogen and oxygen atoms in total. The summed E-state index contributed by atoms with van der Waals surface area (Å²) in [6.07, 6.45) is 2.19. The van der Waals surface area contributed by atoms with Gasteiger partial charge in [-0.05, 0) is 24.6 Å². The molecule has 120 valence electrons. The van der Waals surface area contributed by atoms with Gasteiger partial charge in [0.1, 0.15) is 5.75 Å². The highest BCUT2D eigenvalue weighted by Crippen LogP contribution is 2.30. The number of benzene rings is 1. The first-order chi connectivity index (χ1) is 10.7. The van der Waals surface area contributed by atoms with E-state index in [0.29, 0.717) is 30.9 Å². The third kappa shape index (κ3) is 3.90. The molecule has 1 aromatic rings. The largest absolute Gasteiger partial charge is 0.495 e. The van der Waals surface area contributed by atoms with Crippen LogP contribution in [0.2, 0.25) is 0 Å². The number of rotatable bonds is 6. The summed E-state index contributed by atoms with van der Waals surface area (Å²) in [7, 11) is 1.59. The fraction of sp³-hybridized carbons (Fsp3) is 0.500. The van der Waals surface area contributed by atoms with Crippen LogP contribution in [0.4, 0.5) is 11.4 Å². The van der Waals surface area contributed by atoms with Gasteiger partial charge in [0.25, 0.3) is 0 Å². The first kappa shape index (κ1) is 16.1. The van der Waals surface area contributed by atoms with Gasteiger partial charge < -0.3 is 19.9 Å². The number of hydrogen-bond acceptors (Lipinski definition) is 4. The van der Waals surface area contributed by atoms with E-state index in [1.807, 2.05) is 25.1 Å². The first-order valence-corrected chi connectivity index (χ1v) is 7.60. The Morgan fingerprint density at radius 1 is 1.32 bits per heavy atom. The Bertz CT molecular complexity index is 525. The lowest BCUT2D eigenvalue weighted by molar-refractivity contribution is -0.118. The van der Waals surface area contributed by atoms with Gasteiger partial charge in [-0.3, -0.25) is 9.59 Å². The first-order valence-electron chi connectivity index (χ1n) is 7.60. The summed E-state index contributed by atoms with van der Waals surface area (Å²) in [6, 6.07) is 5.77. The van der Waals surface area contributed by atoms with Crippen LogP contribution >= 0.6 is 0 Å². The van der Waals surface area contributed by atoms with Crippen molar-refractivity contribution in [2.24, 2.45) is 0 Å². The van der Waals surface area contributed by atoms with Gasteiger partial charge >= 0.3 is 0 Å². The van der Waals surface area contributed by atoms with Crippen LogP contribution in [-0.4, -0.2) is 50.5 Å². The predicted octanol–water partition coefficient (Wildman–Crippen LogP) is 1.71. The molecule has 0 saturated carbocycles. The van der Waals surface area contributed by atoms with Crippen molar-refractivity contribution in [3.8, 4) is 5.75 Å².